The van der Waals surface area contributed by atoms with Crippen LogP contribution in [0.3, 0.4) is 0 Å². The fraction of sp³-hybridized carbons (Fsp3) is 0.286. The lowest BCUT2D eigenvalue weighted by atomic mass is 10.1. The summed E-state index contributed by atoms with van der Waals surface area (Å²) in [4.78, 5) is 14.3. The third-order valence-corrected chi connectivity index (χ3v) is 4.86. The Morgan fingerprint density at radius 3 is 2.84 bits per heavy atom. The number of thiophene rings is 2. The second kappa shape index (κ2) is 6.12. The van der Waals surface area contributed by atoms with Gasteiger partial charge in [-0.1, -0.05) is 6.92 Å². The van der Waals surface area contributed by atoms with Crippen molar-refractivity contribution in [1.82, 2.24) is 5.43 Å². The summed E-state index contributed by atoms with van der Waals surface area (Å²) in [5, 5.41) is 7.93. The number of nitrogens with zero attached hydrogens (tertiary/aromatic N) is 1. The van der Waals surface area contributed by atoms with Crippen LogP contribution in [0.25, 0.3) is 0 Å². The van der Waals surface area contributed by atoms with Gasteiger partial charge in [0.25, 0.3) is 5.91 Å². The summed E-state index contributed by atoms with van der Waals surface area (Å²) in [5.41, 5.74) is 5.62. The Hall–Kier alpha value is -1.46. The van der Waals surface area contributed by atoms with Crippen molar-refractivity contribution in [2.24, 2.45) is 5.10 Å². The molecule has 0 aromatic carbocycles. The van der Waals surface area contributed by atoms with Crippen LogP contribution in [0.4, 0.5) is 0 Å². The SMILES string of the molecule is CCc1c(C(=O)N/N=C\c2sccc2C)csc1C. The summed E-state index contributed by atoms with van der Waals surface area (Å²) >= 11 is 3.22. The quantitative estimate of drug-likeness (QED) is 0.676. The molecule has 0 saturated carbocycles. The molecular formula is C14H16N2OS2. The number of rotatable bonds is 4. The fourth-order valence-electron chi connectivity index (χ4n) is 1.84. The largest absolute Gasteiger partial charge is 0.272 e. The van der Waals surface area contributed by atoms with Crippen LogP contribution in [0.15, 0.2) is 21.9 Å². The van der Waals surface area contributed by atoms with Crippen LogP contribution < -0.4 is 5.43 Å². The molecule has 100 valence electrons. The summed E-state index contributed by atoms with van der Waals surface area (Å²) in [7, 11) is 0. The average molecular weight is 292 g/mol. The van der Waals surface area contributed by atoms with Crippen LogP contribution >= 0.6 is 22.7 Å². The predicted molar refractivity (Wildman–Crippen MR) is 82.6 cm³/mol. The van der Waals surface area contributed by atoms with E-state index >= 15 is 0 Å². The van der Waals surface area contributed by atoms with E-state index in [9.17, 15) is 4.79 Å². The number of carbonyl (C=O) groups excluding carboxylic acids is 1. The molecule has 2 rings (SSSR count). The minimum absolute atomic E-state index is 0.133. The van der Waals surface area contributed by atoms with E-state index in [0.717, 1.165) is 22.4 Å². The first-order valence-corrected chi connectivity index (χ1v) is 7.83. The van der Waals surface area contributed by atoms with Crippen LogP contribution in [-0.2, 0) is 6.42 Å². The van der Waals surface area contributed by atoms with Gasteiger partial charge in [0.1, 0.15) is 0 Å². The molecule has 0 saturated heterocycles. The van der Waals surface area contributed by atoms with Gasteiger partial charge in [-0.25, -0.2) is 5.43 Å². The molecule has 0 fully saturated rings. The Bertz CT molecular complexity index is 611. The second-order valence-corrected chi connectivity index (χ2v) is 6.24. The van der Waals surface area contributed by atoms with Crippen LogP contribution in [0, 0.1) is 13.8 Å². The van der Waals surface area contributed by atoms with E-state index in [-0.39, 0.29) is 5.91 Å². The van der Waals surface area contributed by atoms with Gasteiger partial charge >= 0.3 is 0 Å². The first kappa shape index (κ1) is 14.0. The van der Waals surface area contributed by atoms with Crippen LogP contribution in [0.1, 0.15) is 38.2 Å². The normalized spacial score (nSPS) is 11.1. The van der Waals surface area contributed by atoms with E-state index < -0.39 is 0 Å². The Morgan fingerprint density at radius 2 is 2.21 bits per heavy atom. The number of hydrogen-bond acceptors (Lipinski definition) is 4. The topological polar surface area (TPSA) is 41.5 Å². The minimum Gasteiger partial charge on any atom is -0.267 e. The molecule has 0 aliphatic carbocycles. The summed E-state index contributed by atoms with van der Waals surface area (Å²) in [5.74, 6) is -0.133. The predicted octanol–water partition coefficient (Wildman–Crippen LogP) is 3.75. The first-order valence-electron chi connectivity index (χ1n) is 6.08. The number of aryl methyl sites for hydroxylation is 2. The second-order valence-electron chi connectivity index (χ2n) is 4.20. The molecule has 0 bridgehead atoms. The molecule has 2 aromatic heterocycles. The number of hydrazone groups is 1. The third-order valence-electron chi connectivity index (χ3n) is 2.95. The highest BCUT2D eigenvalue weighted by Gasteiger charge is 2.13. The third kappa shape index (κ3) is 3.11. The van der Waals surface area contributed by atoms with Gasteiger partial charge in [-0.05, 0) is 42.8 Å². The van der Waals surface area contributed by atoms with Gasteiger partial charge in [-0.15, -0.1) is 22.7 Å². The van der Waals surface area contributed by atoms with Crippen molar-refractivity contribution >= 4 is 34.8 Å². The zero-order valence-corrected chi connectivity index (χ0v) is 12.8. The lowest BCUT2D eigenvalue weighted by molar-refractivity contribution is 0.0954. The van der Waals surface area contributed by atoms with Crippen molar-refractivity contribution in [3.63, 3.8) is 0 Å². The smallest absolute Gasteiger partial charge is 0.267 e. The molecule has 1 amide bonds. The molecule has 0 atom stereocenters. The lowest BCUT2D eigenvalue weighted by Crippen LogP contribution is -2.18. The van der Waals surface area contributed by atoms with Gasteiger partial charge in [-0.2, -0.15) is 5.10 Å². The molecule has 1 N–H and O–H groups in total. The number of nitrogens with one attached hydrogen (secondary N) is 1. The Morgan fingerprint density at radius 1 is 1.42 bits per heavy atom. The molecule has 0 aliphatic heterocycles. The summed E-state index contributed by atoms with van der Waals surface area (Å²) < 4.78 is 0. The molecular weight excluding hydrogens is 276 g/mol. The van der Waals surface area contributed by atoms with E-state index in [1.54, 1.807) is 28.9 Å². The Balaban J connectivity index is 2.06. The zero-order chi connectivity index (χ0) is 13.8. The van der Waals surface area contributed by atoms with Crippen molar-refractivity contribution in [3.05, 3.63) is 43.3 Å². The Labute approximate surface area is 121 Å². The lowest BCUT2D eigenvalue weighted by Gasteiger charge is -2.01. The van der Waals surface area contributed by atoms with Crippen molar-refractivity contribution in [2.45, 2.75) is 27.2 Å². The highest BCUT2D eigenvalue weighted by Crippen LogP contribution is 2.22. The first-order chi connectivity index (χ1) is 9.13. The molecule has 0 unspecified atom stereocenters. The standard InChI is InChI=1S/C14H16N2OS2/c1-4-11-10(3)19-8-12(11)14(17)16-15-7-13-9(2)5-6-18-13/h5-8H,4H2,1-3H3,(H,16,17)/b15-7-. The van der Waals surface area contributed by atoms with E-state index in [1.165, 1.54) is 10.4 Å². The van der Waals surface area contributed by atoms with E-state index in [4.69, 9.17) is 0 Å². The van der Waals surface area contributed by atoms with Gasteiger partial charge in [0.15, 0.2) is 0 Å². The van der Waals surface area contributed by atoms with Crippen molar-refractivity contribution in [1.29, 1.82) is 0 Å². The number of amides is 1. The summed E-state index contributed by atoms with van der Waals surface area (Å²) in [6, 6.07) is 2.03. The van der Waals surface area contributed by atoms with Crippen LogP contribution in [0.5, 0.6) is 0 Å². The van der Waals surface area contributed by atoms with E-state index in [2.05, 4.69) is 17.5 Å². The van der Waals surface area contributed by atoms with E-state index in [0.29, 0.717) is 0 Å². The van der Waals surface area contributed by atoms with Crippen LogP contribution in [0.2, 0.25) is 0 Å². The molecule has 2 aromatic rings. The van der Waals surface area contributed by atoms with Gasteiger partial charge < -0.3 is 0 Å². The highest BCUT2D eigenvalue weighted by atomic mass is 32.1. The maximum Gasteiger partial charge on any atom is 0.272 e. The minimum atomic E-state index is -0.133. The highest BCUT2D eigenvalue weighted by molar-refractivity contribution is 7.12. The molecule has 0 radical (unpaired) electrons. The van der Waals surface area contributed by atoms with E-state index in [1.807, 2.05) is 30.7 Å². The van der Waals surface area contributed by atoms with Gasteiger partial charge in [0, 0.05) is 15.1 Å². The molecule has 0 spiro atoms. The van der Waals surface area contributed by atoms with Crippen molar-refractivity contribution in [3.8, 4) is 0 Å². The average Bonchev–Trinajstić information content (AvgIpc) is 2.96. The van der Waals surface area contributed by atoms with Crippen molar-refractivity contribution < 1.29 is 4.79 Å². The summed E-state index contributed by atoms with van der Waals surface area (Å²) in [6.45, 7) is 6.12. The maximum atomic E-state index is 12.0. The molecule has 3 nitrogen and oxygen atoms in total. The molecule has 2 heterocycles. The fourth-order valence-corrected chi connectivity index (χ4v) is 3.56. The van der Waals surface area contributed by atoms with Gasteiger partial charge in [0.05, 0.1) is 11.8 Å². The molecule has 0 aliphatic rings. The monoisotopic (exact) mass is 292 g/mol. The number of hydrogen-bond donors (Lipinski definition) is 1. The van der Waals surface area contributed by atoms with Crippen LogP contribution in [-0.4, -0.2) is 12.1 Å². The van der Waals surface area contributed by atoms with Crippen molar-refractivity contribution in [2.75, 3.05) is 0 Å². The van der Waals surface area contributed by atoms with Gasteiger partial charge in [0.2, 0.25) is 0 Å². The maximum absolute atomic E-state index is 12.0. The number of carbonyl (C=O) groups is 1. The summed E-state index contributed by atoms with van der Waals surface area (Å²) in [6.07, 6.45) is 2.56. The molecule has 19 heavy (non-hydrogen) atoms. The van der Waals surface area contributed by atoms with Gasteiger partial charge in [-0.3, -0.25) is 4.79 Å². The zero-order valence-electron chi connectivity index (χ0n) is 11.2. The Kier molecular flexibility index (Phi) is 4.50. The molecule has 5 heteroatoms.